The maximum Gasteiger partial charge on any atom is 0.00153 e. The quantitative estimate of drug-likeness (QED) is 0.461. The Morgan fingerprint density at radius 2 is 2.27 bits per heavy atom. The molecule has 0 aliphatic heterocycles. The van der Waals surface area contributed by atoms with Gasteiger partial charge in [-0.2, -0.15) is 0 Å². The second kappa shape index (κ2) is 2.69. The zero-order valence-electron chi connectivity index (χ0n) is 6.96. The van der Waals surface area contributed by atoms with Crippen LogP contribution in [0.2, 0.25) is 0 Å². The minimum absolute atomic E-state index is 0.703. The van der Waals surface area contributed by atoms with Gasteiger partial charge in [0.2, 0.25) is 0 Å². The summed E-state index contributed by atoms with van der Waals surface area (Å²) in [5.74, 6) is 1.51. The van der Waals surface area contributed by atoms with Gasteiger partial charge in [-0.05, 0) is 25.7 Å². The molecule has 58 valence electrons. The summed E-state index contributed by atoms with van der Waals surface area (Å²) in [6.45, 7) is 2.25. The van der Waals surface area contributed by atoms with Crippen molar-refractivity contribution in [2.24, 2.45) is 11.8 Å². The number of hydrogen-bond donors (Lipinski definition) is 0. The van der Waals surface area contributed by atoms with Crippen molar-refractivity contribution in [1.82, 2.24) is 0 Å². The third-order valence-corrected chi connectivity index (χ3v) is 2.74. The van der Waals surface area contributed by atoms with Gasteiger partial charge in [0, 0.05) is 5.92 Å². The summed E-state index contributed by atoms with van der Waals surface area (Å²) in [7, 11) is 0. The van der Waals surface area contributed by atoms with Gasteiger partial charge in [-0.1, -0.05) is 36.0 Å². The maximum absolute atomic E-state index is 2.35. The first-order chi connectivity index (χ1) is 5.38. The van der Waals surface area contributed by atoms with E-state index in [4.69, 9.17) is 0 Å². The van der Waals surface area contributed by atoms with Crippen molar-refractivity contribution in [2.45, 2.75) is 19.8 Å². The van der Waals surface area contributed by atoms with E-state index in [9.17, 15) is 0 Å². The molecule has 0 aromatic carbocycles. The van der Waals surface area contributed by atoms with Gasteiger partial charge in [0.1, 0.15) is 0 Å². The van der Waals surface area contributed by atoms with E-state index in [0.717, 1.165) is 5.92 Å². The molecule has 0 N–H and O–H groups in total. The smallest absolute Gasteiger partial charge is 0.00153 e. The van der Waals surface area contributed by atoms with Crippen LogP contribution in [0.25, 0.3) is 0 Å². The van der Waals surface area contributed by atoms with Crippen LogP contribution < -0.4 is 0 Å². The lowest BCUT2D eigenvalue weighted by atomic mass is 9.77. The van der Waals surface area contributed by atoms with E-state index in [1.165, 1.54) is 12.8 Å². The average molecular weight is 146 g/mol. The van der Waals surface area contributed by atoms with E-state index in [0.29, 0.717) is 5.92 Å². The standard InChI is InChI=1S/C11H14/c1-9-5-4-7-10-6-2-3-8-11(9)10/h2,4-7,10-11H,3,8H2,1H3/t10-,11?/m1/s1. The molecule has 0 aromatic rings. The molecule has 2 aliphatic rings. The SMILES string of the molecule is CC1=CC=C[C@H]2C=CCCC12. The van der Waals surface area contributed by atoms with Gasteiger partial charge in [0.05, 0.1) is 0 Å². The fourth-order valence-corrected chi connectivity index (χ4v) is 2.04. The minimum atomic E-state index is 0.703. The highest BCUT2D eigenvalue weighted by molar-refractivity contribution is 5.26. The summed E-state index contributed by atoms with van der Waals surface area (Å²) in [5.41, 5.74) is 1.56. The highest BCUT2D eigenvalue weighted by Crippen LogP contribution is 2.33. The Kier molecular flexibility index (Phi) is 1.69. The predicted molar refractivity (Wildman–Crippen MR) is 48.3 cm³/mol. The second-order valence-electron chi connectivity index (χ2n) is 3.48. The van der Waals surface area contributed by atoms with Crippen LogP contribution in [-0.2, 0) is 0 Å². The summed E-state index contributed by atoms with van der Waals surface area (Å²) >= 11 is 0. The van der Waals surface area contributed by atoms with Crippen LogP contribution in [0.3, 0.4) is 0 Å². The summed E-state index contributed by atoms with van der Waals surface area (Å²) in [5, 5.41) is 0. The maximum atomic E-state index is 2.35. The zero-order valence-corrected chi connectivity index (χ0v) is 6.96. The Morgan fingerprint density at radius 3 is 3.09 bits per heavy atom. The number of allylic oxidation sites excluding steroid dienone is 6. The van der Waals surface area contributed by atoms with Gasteiger partial charge in [0.25, 0.3) is 0 Å². The highest BCUT2D eigenvalue weighted by Gasteiger charge is 2.21. The lowest BCUT2D eigenvalue weighted by Gasteiger charge is -2.28. The normalized spacial score (nSPS) is 34.8. The van der Waals surface area contributed by atoms with Crippen LogP contribution in [-0.4, -0.2) is 0 Å². The summed E-state index contributed by atoms with van der Waals surface area (Å²) in [4.78, 5) is 0. The number of hydrogen-bond acceptors (Lipinski definition) is 0. The third-order valence-electron chi connectivity index (χ3n) is 2.74. The molecule has 0 heteroatoms. The van der Waals surface area contributed by atoms with Crippen molar-refractivity contribution in [3.8, 4) is 0 Å². The lowest BCUT2D eigenvalue weighted by molar-refractivity contribution is 0.466. The fourth-order valence-electron chi connectivity index (χ4n) is 2.04. The van der Waals surface area contributed by atoms with Gasteiger partial charge in [-0.3, -0.25) is 0 Å². The van der Waals surface area contributed by atoms with Gasteiger partial charge in [-0.25, -0.2) is 0 Å². The molecule has 0 amide bonds. The molecule has 2 rings (SSSR count). The number of rotatable bonds is 0. The van der Waals surface area contributed by atoms with E-state index in [-0.39, 0.29) is 0 Å². The monoisotopic (exact) mass is 146 g/mol. The summed E-state index contributed by atoms with van der Waals surface area (Å²) in [6, 6.07) is 0. The first-order valence-corrected chi connectivity index (χ1v) is 4.39. The average Bonchev–Trinajstić information content (AvgIpc) is 2.06. The van der Waals surface area contributed by atoms with Crippen molar-refractivity contribution in [3.63, 3.8) is 0 Å². The molecule has 0 spiro atoms. The van der Waals surface area contributed by atoms with Crippen molar-refractivity contribution >= 4 is 0 Å². The van der Waals surface area contributed by atoms with E-state index in [1.807, 2.05) is 0 Å². The molecule has 0 fully saturated rings. The second-order valence-corrected chi connectivity index (χ2v) is 3.48. The molecule has 0 aromatic heterocycles. The van der Waals surface area contributed by atoms with Gasteiger partial charge in [0.15, 0.2) is 0 Å². The molecule has 0 nitrogen and oxygen atoms in total. The van der Waals surface area contributed by atoms with Crippen molar-refractivity contribution in [3.05, 3.63) is 36.0 Å². The first kappa shape index (κ1) is 6.90. The van der Waals surface area contributed by atoms with E-state index in [2.05, 4.69) is 37.3 Å². The highest BCUT2D eigenvalue weighted by atomic mass is 14.3. The Hall–Kier alpha value is -0.780. The van der Waals surface area contributed by atoms with Crippen LogP contribution in [0.15, 0.2) is 36.0 Å². The zero-order chi connectivity index (χ0) is 7.68. The van der Waals surface area contributed by atoms with Crippen LogP contribution in [0.1, 0.15) is 19.8 Å². The molecule has 11 heavy (non-hydrogen) atoms. The number of fused-ring (bicyclic) bond motifs is 1. The van der Waals surface area contributed by atoms with Crippen LogP contribution in [0.5, 0.6) is 0 Å². The lowest BCUT2D eigenvalue weighted by Crippen LogP contribution is -2.16. The third kappa shape index (κ3) is 1.18. The van der Waals surface area contributed by atoms with E-state index < -0.39 is 0 Å². The molecule has 0 radical (unpaired) electrons. The first-order valence-electron chi connectivity index (χ1n) is 4.39. The van der Waals surface area contributed by atoms with Gasteiger partial charge < -0.3 is 0 Å². The molecular formula is C11H14. The van der Waals surface area contributed by atoms with Crippen LogP contribution >= 0.6 is 0 Å². The Morgan fingerprint density at radius 1 is 1.36 bits per heavy atom. The predicted octanol–water partition coefficient (Wildman–Crippen LogP) is 3.08. The molecule has 0 saturated heterocycles. The minimum Gasteiger partial charge on any atom is -0.0879 e. The molecular weight excluding hydrogens is 132 g/mol. The molecule has 2 atom stereocenters. The van der Waals surface area contributed by atoms with Gasteiger partial charge >= 0.3 is 0 Å². The van der Waals surface area contributed by atoms with Crippen molar-refractivity contribution in [1.29, 1.82) is 0 Å². The van der Waals surface area contributed by atoms with Crippen LogP contribution in [0.4, 0.5) is 0 Å². The Labute approximate surface area is 68.3 Å². The Bertz CT molecular complexity index is 230. The molecule has 0 heterocycles. The van der Waals surface area contributed by atoms with Crippen molar-refractivity contribution < 1.29 is 0 Å². The largest absolute Gasteiger partial charge is 0.0879 e. The molecule has 2 aliphatic carbocycles. The van der Waals surface area contributed by atoms with E-state index >= 15 is 0 Å². The summed E-state index contributed by atoms with van der Waals surface area (Å²) < 4.78 is 0. The van der Waals surface area contributed by atoms with Crippen molar-refractivity contribution in [2.75, 3.05) is 0 Å². The van der Waals surface area contributed by atoms with E-state index in [1.54, 1.807) is 5.57 Å². The molecule has 1 unspecified atom stereocenters. The fraction of sp³-hybridized carbons (Fsp3) is 0.455. The Balaban J connectivity index is 2.27. The topological polar surface area (TPSA) is 0 Å². The van der Waals surface area contributed by atoms with Crippen LogP contribution in [0, 0.1) is 11.8 Å². The summed E-state index contributed by atoms with van der Waals surface area (Å²) in [6.07, 6.45) is 14.0. The van der Waals surface area contributed by atoms with Gasteiger partial charge in [-0.15, -0.1) is 0 Å². The molecule has 0 bridgehead atoms. The molecule has 0 saturated carbocycles.